The van der Waals surface area contributed by atoms with Crippen molar-refractivity contribution in [2.45, 2.75) is 64.1 Å². The van der Waals surface area contributed by atoms with Gasteiger partial charge in [0.05, 0.1) is 4.88 Å². The Hall–Kier alpha value is -1.65. The summed E-state index contributed by atoms with van der Waals surface area (Å²) in [7, 11) is 0. The third-order valence-corrected chi connectivity index (χ3v) is 5.78. The first kappa shape index (κ1) is 18.2. The lowest BCUT2D eigenvalue weighted by Gasteiger charge is -2.19. The summed E-state index contributed by atoms with van der Waals surface area (Å²) in [5, 5.41) is 7.43. The summed E-state index contributed by atoms with van der Waals surface area (Å²) >= 11 is 1.76. The fraction of sp³-hybridized carbons (Fsp3) is 0.476. The fourth-order valence-corrected chi connectivity index (χ4v) is 3.88. The smallest absolute Gasteiger partial charge is 0.278 e. The van der Waals surface area contributed by atoms with E-state index in [0.29, 0.717) is 6.04 Å². The summed E-state index contributed by atoms with van der Waals surface area (Å²) in [5.41, 5.74) is 2.67. The number of quaternary nitrogens is 1. The Morgan fingerprint density at radius 3 is 2.64 bits per heavy atom. The van der Waals surface area contributed by atoms with Crippen molar-refractivity contribution in [2.75, 3.05) is 0 Å². The first-order valence-electron chi connectivity index (χ1n) is 9.45. The summed E-state index contributed by atoms with van der Waals surface area (Å²) in [6.45, 7) is 4.23. The SMILES string of the molecule is CCCCc1ccc([C@@H]([NH2+][C@@H](C)C(=O)NC2CC2)c2cccs2)cc1. The van der Waals surface area contributed by atoms with Crippen LogP contribution in [0.15, 0.2) is 41.8 Å². The number of carbonyl (C=O) groups excluding carboxylic acids is 1. The van der Waals surface area contributed by atoms with Crippen LogP contribution in [-0.2, 0) is 11.2 Å². The van der Waals surface area contributed by atoms with Gasteiger partial charge in [-0.2, -0.15) is 0 Å². The fourth-order valence-electron chi connectivity index (χ4n) is 3.05. The molecule has 2 aromatic rings. The van der Waals surface area contributed by atoms with Crippen molar-refractivity contribution < 1.29 is 10.1 Å². The maximum Gasteiger partial charge on any atom is 0.278 e. The van der Waals surface area contributed by atoms with Crippen molar-refractivity contribution in [1.82, 2.24) is 5.32 Å². The minimum atomic E-state index is -0.0903. The van der Waals surface area contributed by atoms with Crippen LogP contribution >= 0.6 is 11.3 Å². The Kier molecular flexibility index (Phi) is 6.27. The number of rotatable bonds is 9. The number of hydrogen-bond acceptors (Lipinski definition) is 2. The number of hydrogen-bond donors (Lipinski definition) is 2. The van der Waals surface area contributed by atoms with Gasteiger partial charge >= 0.3 is 0 Å². The molecule has 0 aliphatic heterocycles. The first-order chi connectivity index (χ1) is 12.2. The molecule has 1 aliphatic carbocycles. The highest BCUT2D eigenvalue weighted by atomic mass is 32.1. The standard InChI is InChI=1S/C21H28N2OS/c1-3-4-6-16-8-10-17(11-9-16)20(19-7-5-14-25-19)22-15(2)21(24)23-18-12-13-18/h5,7-11,14-15,18,20,22H,3-4,6,12-13H2,1-2H3,(H,23,24)/p+1/t15-,20+/m0/s1. The highest BCUT2D eigenvalue weighted by molar-refractivity contribution is 7.10. The minimum absolute atomic E-state index is 0.0903. The molecule has 1 aromatic carbocycles. The van der Waals surface area contributed by atoms with Gasteiger partial charge in [-0.25, -0.2) is 0 Å². The lowest BCUT2D eigenvalue weighted by molar-refractivity contribution is -0.704. The van der Waals surface area contributed by atoms with Gasteiger partial charge in [0.15, 0.2) is 6.04 Å². The molecule has 4 heteroatoms. The Morgan fingerprint density at radius 1 is 1.28 bits per heavy atom. The van der Waals surface area contributed by atoms with Gasteiger partial charge in [-0.15, -0.1) is 11.3 Å². The van der Waals surface area contributed by atoms with Crippen LogP contribution in [0.5, 0.6) is 0 Å². The third kappa shape index (κ3) is 5.16. The molecule has 1 amide bonds. The van der Waals surface area contributed by atoms with E-state index in [9.17, 15) is 4.79 Å². The second-order valence-corrected chi connectivity index (χ2v) is 8.08. The molecule has 0 spiro atoms. The zero-order valence-electron chi connectivity index (χ0n) is 15.2. The van der Waals surface area contributed by atoms with E-state index in [1.807, 2.05) is 6.92 Å². The van der Waals surface area contributed by atoms with Crippen molar-refractivity contribution in [1.29, 1.82) is 0 Å². The van der Waals surface area contributed by atoms with Crippen LogP contribution < -0.4 is 10.6 Å². The van der Waals surface area contributed by atoms with E-state index >= 15 is 0 Å². The number of benzene rings is 1. The van der Waals surface area contributed by atoms with Gasteiger partial charge in [-0.1, -0.05) is 43.7 Å². The average molecular weight is 358 g/mol. The van der Waals surface area contributed by atoms with E-state index in [2.05, 4.69) is 59.3 Å². The molecular formula is C21H29N2OS+. The molecule has 0 unspecified atom stereocenters. The summed E-state index contributed by atoms with van der Waals surface area (Å²) in [4.78, 5) is 13.7. The molecule has 1 saturated carbocycles. The molecule has 0 radical (unpaired) electrons. The predicted molar refractivity (Wildman–Crippen MR) is 104 cm³/mol. The number of nitrogens with two attached hydrogens (primary N) is 1. The quantitative estimate of drug-likeness (QED) is 0.710. The normalized spacial score (nSPS) is 16.4. The molecular weight excluding hydrogens is 328 g/mol. The van der Waals surface area contributed by atoms with Crippen LogP contribution in [-0.4, -0.2) is 18.0 Å². The predicted octanol–water partition coefficient (Wildman–Crippen LogP) is 3.41. The molecule has 3 rings (SSSR count). The Balaban J connectivity index is 1.72. The number of nitrogens with one attached hydrogen (secondary N) is 1. The summed E-state index contributed by atoms with van der Waals surface area (Å²) in [6.07, 6.45) is 5.86. The molecule has 2 atom stereocenters. The molecule has 0 bridgehead atoms. The van der Waals surface area contributed by atoms with E-state index in [1.54, 1.807) is 11.3 Å². The van der Waals surface area contributed by atoms with Crippen LogP contribution in [0.4, 0.5) is 0 Å². The lowest BCUT2D eigenvalue weighted by Crippen LogP contribution is -2.92. The molecule has 3 N–H and O–H groups in total. The number of unbranched alkanes of at least 4 members (excludes halogenated alkanes) is 1. The molecule has 1 heterocycles. The van der Waals surface area contributed by atoms with Crippen LogP contribution in [0.25, 0.3) is 0 Å². The maximum atomic E-state index is 12.4. The van der Waals surface area contributed by atoms with Crippen LogP contribution in [0.1, 0.15) is 61.6 Å². The van der Waals surface area contributed by atoms with Crippen molar-refractivity contribution in [3.63, 3.8) is 0 Å². The zero-order valence-corrected chi connectivity index (χ0v) is 16.0. The van der Waals surface area contributed by atoms with E-state index in [1.165, 1.54) is 28.8 Å². The van der Waals surface area contributed by atoms with E-state index < -0.39 is 0 Å². The van der Waals surface area contributed by atoms with Gasteiger partial charge in [0.1, 0.15) is 6.04 Å². The lowest BCUT2D eigenvalue weighted by atomic mass is 10.0. The molecule has 0 saturated heterocycles. The van der Waals surface area contributed by atoms with E-state index in [0.717, 1.165) is 19.3 Å². The van der Waals surface area contributed by atoms with Crippen LogP contribution in [0, 0.1) is 0 Å². The number of carbonyl (C=O) groups is 1. The summed E-state index contributed by atoms with van der Waals surface area (Å²) in [5.74, 6) is 0.156. The van der Waals surface area contributed by atoms with Crippen molar-refractivity contribution in [2.24, 2.45) is 0 Å². The number of thiophene rings is 1. The zero-order chi connectivity index (χ0) is 17.6. The van der Waals surface area contributed by atoms with Crippen molar-refractivity contribution >= 4 is 17.2 Å². The molecule has 134 valence electrons. The van der Waals surface area contributed by atoms with E-state index in [4.69, 9.17) is 0 Å². The van der Waals surface area contributed by atoms with Crippen LogP contribution in [0.2, 0.25) is 0 Å². The largest absolute Gasteiger partial charge is 0.348 e. The topological polar surface area (TPSA) is 45.7 Å². The molecule has 1 fully saturated rings. The van der Waals surface area contributed by atoms with Crippen LogP contribution in [0.3, 0.4) is 0 Å². The summed E-state index contributed by atoms with van der Waals surface area (Å²) in [6, 6.07) is 13.7. The monoisotopic (exact) mass is 357 g/mol. The highest BCUT2D eigenvalue weighted by Gasteiger charge is 2.30. The molecule has 1 aromatic heterocycles. The van der Waals surface area contributed by atoms with E-state index in [-0.39, 0.29) is 18.0 Å². The van der Waals surface area contributed by atoms with Gasteiger partial charge in [0.25, 0.3) is 5.91 Å². The average Bonchev–Trinajstić information content (AvgIpc) is 3.27. The Labute approximate surface area is 154 Å². The first-order valence-corrected chi connectivity index (χ1v) is 10.3. The van der Waals surface area contributed by atoms with Gasteiger partial charge in [0.2, 0.25) is 0 Å². The highest BCUT2D eigenvalue weighted by Crippen LogP contribution is 2.24. The second-order valence-electron chi connectivity index (χ2n) is 7.10. The van der Waals surface area contributed by atoms with Gasteiger partial charge in [-0.3, -0.25) is 4.79 Å². The maximum absolute atomic E-state index is 12.4. The second kappa shape index (κ2) is 8.63. The number of amides is 1. The third-order valence-electron chi connectivity index (χ3n) is 4.83. The Bertz CT molecular complexity index is 662. The Morgan fingerprint density at radius 2 is 2.04 bits per heavy atom. The van der Waals surface area contributed by atoms with Crippen molar-refractivity contribution in [3.05, 3.63) is 57.8 Å². The molecule has 1 aliphatic rings. The molecule has 3 nitrogen and oxygen atoms in total. The summed E-state index contributed by atoms with van der Waals surface area (Å²) < 4.78 is 0. The molecule has 25 heavy (non-hydrogen) atoms. The van der Waals surface area contributed by atoms with Crippen molar-refractivity contribution in [3.8, 4) is 0 Å². The number of aryl methyl sites for hydroxylation is 1. The van der Waals surface area contributed by atoms with Gasteiger partial charge in [-0.05, 0) is 49.6 Å². The van der Waals surface area contributed by atoms with Gasteiger partial charge < -0.3 is 10.6 Å². The minimum Gasteiger partial charge on any atom is -0.348 e. The van der Waals surface area contributed by atoms with Gasteiger partial charge in [0, 0.05) is 11.6 Å².